The Hall–Kier alpha value is -2.99. The van der Waals surface area contributed by atoms with Crippen LogP contribution in [0.3, 0.4) is 0 Å². The van der Waals surface area contributed by atoms with Crippen LogP contribution in [0.15, 0.2) is 47.6 Å². The third-order valence-corrected chi connectivity index (χ3v) is 3.07. The zero-order valence-corrected chi connectivity index (χ0v) is 11.8. The fraction of sp³-hybridized carbons (Fsp3) is 0.133. The molecule has 0 saturated heterocycles. The van der Waals surface area contributed by atoms with Gasteiger partial charge in [-0.15, -0.1) is 0 Å². The average molecular weight is 321 g/mol. The smallest absolute Gasteiger partial charge is 0.417 e. The number of halogens is 3. The SMILES string of the molecule is COC(=O)c1ccc(-c2cccc(N=[N+]=[N-])c2)cc1C(F)(F)F. The van der Waals surface area contributed by atoms with Crippen LogP contribution in [0.4, 0.5) is 18.9 Å². The Kier molecular flexibility index (Phi) is 4.57. The van der Waals surface area contributed by atoms with Crippen LogP contribution >= 0.6 is 0 Å². The predicted octanol–water partition coefficient (Wildman–Crippen LogP) is 5.10. The molecule has 2 aromatic carbocycles. The number of alkyl halides is 3. The van der Waals surface area contributed by atoms with Crippen LogP contribution in [0.25, 0.3) is 21.6 Å². The number of hydrogen-bond donors (Lipinski definition) is 0. The number of nitrogens with zero attached hydrogens (tertiary/aromatic N) is 3. The molecule has 0 bridgehead atoms. The highest BCUT2D eigenvalue weighted by atomic mass is 19.4. The number of ether oxygens (including phenoxy) is 1. The first-order valence-corrected chi connectivity index (χ1v) is 6.32. The number of carbonyl (C=O) groups is 1. The fourth-order valence-electron chi connectivity index (χ4n) is 2.05. The van der Waals surface area contributed by atoms with Crippen LogP contribution in [0.5, 0.6) is 0 Å². The van der Waals surface area contributed by atoms with Crippen LogP contribution in [0.2, 0.25) is 0 Å². The maximum atomic E-state index is 13.2. The number of azide groups is 1. The first-order chi connectivity index (χ1) is 10.9. The van der Waals surface area contributed by atoms with Gasteiger partial charge in [0.15, 0.2) is 0 Å². The van der Waals surface area contributed by atoms with Gasteiger partial charge in [0.1, 0.15) is 0 Å². The molecule has 0 spiro atoms. The van der Waals surface area contributed by atoms with E-state index in [1.54, 1.807) is 12.1 Å². The molecule has 8 heteroatoms. The van der Waals surface area contributed by atoms with Gasteiger partial charge in [0.05, 0.1) is 18.2 Å². The normalized spacial score (nSPS) is 10.8. The van der Waals surface area contributed by atoms with Crippen molar-refractivity contribution in [1.82, 2.24) is 0 Å². The van der Waals surface area contributed by atoms with E-state index in [0.29, 0.717) is 5.56 Å². The third-order valence-electron chi connectivity index (χ3n) is 3.07. The van der Waals surface area contributed by atoms with Crippen molar-refractivity contribution in [2.75, 3.05) is 7.11 Å². The van der Waals surface area contributed by atoms with E-state index in [2.05, 4.69) is 14.8 Å². The topological polar surface area (TPSA) is 75.1 Å². The number of carbonyl (C=O) groups excluding carboxylic acids is 1. The molecule has 0 aliphatic rings. The average Bonchev–Trinajstić information content (AvgIpc) is 2.53. The van der Waals surface area contributed by atoms with Crippen LogP contribution in [-0.2, 0) is 10.9 Å². The Labute approximate surface area is 128 Å². The minimum Gasteiger partial charge on any atom is -0.465 e. The van der Waals surface area contributed by atoms with Crippen molar-refractivity contribution in [3.63, 3.8) is 0 Å². The summed E-state index contributed by atoms with van der Waals surface area (Å²) in [5.74, 6) is -1.06. The molecule has 118 valence electrons. The van der Waals surface area contributed by atoms with Crippen LogP contribution in [0, 0.1) is 0 Å². The molecular formula is C15H10F3N3O2. The van der Waals surface area contributed by atoms with Crippen molar-refractivity contribution in [2.24, 2.45) is 5.11 Å². The molecule has 0 amide bonds. The number of rotatable bonds is 3. The van der Waals surface area contributed by atoms with E-state index in [1.807, 2.05) is 0 Å². The lowest BCUT2D eigenvalue weighted by Crippen LogP contribution is -2.14. The fourth-order valence-corrected chi connectivity index (χ4v) is 2.05. The molecule has 0 radical (unpaired) electrons. The van der Waals surface area contributed by atoms with E-state index >= 15 is 0 Å². The Balaban J connectivity index is 2.59. The summed E-state index contributed by atoms with van der Waals surface area (Å²) in [5.41, 5.74) is 7.70. The number of hydrogen-bond acceptors (Lipinski definition) is 3. The van der Waals surface area contributed by atoms with E-state index in [0.717, 1.165) is 19.2 Å². The first-order valence-electron chi connectivity index (χ1n) is 6.32. The van der Waals surface area contributed by atoms with Gasteiger partial charge in [0, 0.05) is 10.6 Å². The number of benzene rings is 2. The van der Waals surface area contributed by atoms with Crippen molar-refractivity contribution < 1.29 is 22.7 Å². The van der Waals surface area contributed by atoms with Crippen LogP contribution in [-0.4, -0.2) is 13.1 Å². The highest BCUT2D eigenvalue weighted by Gasteiger charge is 2.35. The molecule has 5 nitrogen and oxygen atoms in total. The summed E-state index contributed by atoms with van der Waals surface area (Å²) < 4.78 is 43.9. The maximum absolute atomic E-state index is 13.2. The molecule has 0 aliphatic heterocycles. The van der Waals surface area contributed by atoms with Crippen molar-refractivity contribution >= 4 is 11.7 Å². The summed E-state index contributed by atoms with van der Waals surface area (Å²) in [6, 6.07) is 9.40. The van der Waals surface area contributed by atoms with Gasteiger partial charge < -0.3 is 4.74 Å². The third kappa shape index (κ3) is 3.61. The van der Waals surface area contributed by atoms with Gasteiger partial charge >= 0.3 is 12.1 Å². The van der Waals surface area contributed by atoms with E-state index < -0.39 is 23.3 Å². The lowest BCUT2D eigenvalue weighted by molar-refractivity contribution is -0.138. The monoisotopic (exact) mass is 321 g/mol. The Morgan fingerprint density at radius 1 is 1.17 bits per heavy atom. The largest absolute Gasteiger partial charge is 0.465 e. The number of methoxy groups -OCH3 is 1. The summed E-state index contributed by atoms with van der Waals surface area (Å²) in [6.07, 6.45) is -4.71. The molecule has 23 heavy (non-hydrogen) atoms. The molecule has 0 fully saturated rings. The van der Waals surface area contributed by atoms with Gasteiger partial charge in [-0.2, -0.15) is 13.2 Å². The standard InChI is InChI=1S/C15H10F3N3O2/c1-23-14(22)12-6-5-10(8-13(12)15(16,17)18)9-3-2-4-11(7-9)20-21-19/h2-8H,1H3. The minimum atomic E-state index is -4.71. The summed E-state index contributed by atoms with van der Waals surface area (Å²) in [4.78, 5) is 14.1. The van der Waals surface area contributed by atoms with E-state index in [1.165, 1.54) is 18.2 Å². The summed E-state index contributed by atoms with van der Waals surface area (Å²) in [5, 5.41) is 3.41. The van der Waals surface area contributed by atoms with Gasteiger partial charge in [-0.1, -0.05) is 29.4 Å². The van der Waals surface area contributed by atoms with E-state index in [4.69, 9.17) is 5.53 Å². The van der Waals surface area contributed by atoms with Gasteiger partial charge in [-0.25, -0.2) is 4.79 Å². The predicted molar refractivity (Wildman–Crippen MR) is 77.0 cm³/mol. The summed E-state index contributed by atoms with van der Waals surface area (Å²) >= 11 is 0. The van der Waals surface area contributed by atoms with Crippen LogP contribution < -0.4 is 0 Å². The second-order valence-corrected chi connectivity index (χ2v) is 4.49. The minimum absolute atomic E-state index is 0.236. The number of esters is 1. The highest BCUT2D eigenvalue weighted by molar-refractivity contribution is 5.92. The van der Waals surface area contributed by atoms with Gasteiger partial charge in [-0.05, 0) is 34.9 Å². The Morgan fingerprint density at radius 2 is 1.87 bits per heavy atom. The second-order valence-electron chi connectivity index (χ2n) is 4.49. The van der Waals surface area contributed by atoms with Crippen molar-refractivity contribution in [2.45, 2.75) is 6.18 Å². The summed E-state index contributed by atoms with van der Waals surface area (Å²) in [6.45, 7) is 0. The highest BCUT2D eigenvalue weighted by Crippen LogP contribution is 2.36. The molecule has 0 heterocycles. The van der Waals surface area contributed by atoms with Gasteiger partial charge in [0.2, 0.25) is 0 Å². The maximum Gasteiger partial charge on any atom is 0.417 e. The second kappa shape index (κ2) is 6.41. The van der Waals surface area contributed by atoms with Crippen molar-refractivity contribution in [3.05, 3.63) is 64.0 Å². The first kappa shape index (κ1) is 16.4. The molecule has 0 N–H and O–H groups in total. The Bertz CT molecular complexity index is 797. The van der Waals surface area contributed by atoms with E-state index in [-0.39, 0.29) is 11.3 Å². The molecule has 0 aliphatic carbocycles. The Morgan fingerprint density at radius 3 is 2.48 bits per heavy atom. The van der Waals surface area contributed by atoms with Crippen molar-refractivity contribution in [1.29, 1.82) is 0 Å². The molecule has 2 rings (SSSR count). The van der Waals surface area contributed by atoms with Gasteiger partial charge in [-0.3, -0.25) is 0 Å². The van der Waals surface area contributed by atoms with Crippen molar-refractivity contribution in [3.8, 4) is 11.1 Å². The molecule has 0 saturated carbocycles. The van der Waals surface area contributed by atoms with E-state index in [9.17, 15) is 18.0 Å². The molecular weight excluding hydrogens is 311 g/mol. The lowest BCUT2D eigenvalue weighted by atomic mass is 9.98. The lowest BCUT2D eigenvalue weighted by Gasteiger charge is -2.13. The van der Waals surface area contributed by atoms with Crippen LogP contribution in [0.1, 0.15) is 15.9 Å². The zero-order chi connectivity index (χ0) is 17.0. The summed E-state index contributed by atoms with van der Waals surface area (Å²) in [7, 11) is 1.01. The molecule has 0 unspecified atom stereocenters. The molecule has 0 aromatic heterocycles. The zero-order valence-electron chi connectivity index (χ0n) is 11.8. The van der Waals surface area contributed by atoms with Gasteiger partial charge in [0.25, 0.3) is 0 Å². The molecule has 0 atom stereocenters. The quantitative estimate of drug-likeness (QED) is 0.341. The molecule has 2 aromatic rings.